The molecule has 4 aromatic rings. The molecule has 0 bridgehead atoms. The summed E-state index contributed by atoms with van der Waals surface area (Å²) in [6.07, 6.45) is 1.78. The molecule has 0 aliphatic heterocycles. The van der Waals surface area contributed by atoms with Gasteiger partial charge < -0.3 is 9.73 Å². The molecule has 0 unspecified atom stereocenters. The lowest BCUT2D eigenvalue weighted by Gasteiger charge is -2.04. The van der Waals surface area contributed by atoms with Crippen LogP contribution in [0.15, 0.2) is 59.1 Å². The number of benzene rings is 2. The number of aromatic nitrogens is 3. The maximum Gasteiger partial charge on any atom is 0.251 e. The molecule has 2 heterocycles. The Balaban J connectivity index is 1.45. The van der Waals surface area contributed by atoms with Crippen molar-refractivity contribution in [3.05, 3.63) is 75.7 Å². The molecule has 0 saturated heterocycles. The molecule has 0 atom stereocenters. The number of hydrogen-bond acceptors (Lipinski definition) is 6. The zero-order valence-electron chi connectivity index (χ0n) is 15.5. The van der Waals surface area contributed by atoms with E-state index in [0.717, 1.165) is 26.6 Å². The predicted octanol–water partition coefficient (Wildman–Crippen LogP) is 4.41. The summed E-state index contributed by atoms with van der Waals surface area (Å²) in [7, 11) is 0. The Kier molecular flexibility index (Phi) is 4.99. The topological polar surface area (TPSA) is 80.9 Å². The van der Waals surface area contributed by atoms with Crippen LogP contribution in [0.1, 0.15) is 25.8 Å². The second-order valence-electron chi connectivity index (χ2n) is 6.39. The van der Waals surface area contributed by atoms with Gasteiger partial charge in [0.2, 0.25) is 11.8 Å². The van der Waals surface area contributed by atoms with Gasteiger partial charge >= 0.3 is 0 Å². The second-order valence-corrected chi connectivity index (χ2v) is 7.71. The molecule has 140 valence electrons. The lowest BCUT2D eigenvalue weighted by Crippen LogP contribution is -2.22. The number of aryl methyl sites for hydroxylation is 2. The van der Waals surface area contributed by atoms with Crippen LogP contribution in [-0.4, -0.2) is 21.1 Å². The number of nitrogens with zero attached hydrogens (tertiary/aromatic N) is 3. The maximum absolute atomic E-state index is 12.3. The van der Waals surface area contributed by atoms with Crippen LogP contribution in [0.4, 0.5) is 0 Å². The highest BCUT2D eigenvalue weighted by Crippen LogP contribution is 2.24. The minimum atomic E-state index is -0.136. The summed E-state index contributed by atoms with van der Waals surface area (Å²) in [6, 6.07) is 15.0. The van der Waals surface area contributed by atoms with Gasteiger partial charge in [0.15, 0.2) is 0 Å². The summed E-state index contributed by atoms with van der Waals surface area (Å²) in [6.45, 7) is 4.42. The minimum Gasteiger partial charge on any atom is -0.416 e. The minimum absolute atomic E-state index is 0.136. The highest BCUT2D eigenvalue weighted by molar-refractivity contribution is 7.11. The largest absolute Gasteiger partial charge is 0.416 e. The van der Waals surface area contributed by atoms with Gasteiger partial charge in [-0.25, -0.2) is 4.98 Å². The summed E-state index contributed by atoms with van der Waals surface area (Å²) in [5, 5.41) is 12.1. The van der Waals surface area contributed by atoms with Gasteiger partial charge in [0, 0.05) is 27.8 Å². The van der Waals surface area contributed by atoms with E-state index in [0.29, 0.717) is 23.9 Å². The normalized spacial score (nSPS) is 10.8. The Bertz CT molecular complexity index is 1120. The second kappa shape index (κ2) is 7.74. The summed E-state index contributed by atoms with van der Waals surface area (Å²) in [4.78, 5) is 17.5. The third-order valence-corrected chi connectivity index (χ3v) is 5.09. The Labute approximate surface area is 166 Å². The fraction of sp³-hybridized carbons (Fsp3) is 0.143. The number of hydrogen-bond donors (Lipinski definition) is 1. The van der Waals surface area contributed by atoms with Crippen LogP contribution in [0.25, 0.3) is 22.9 Å². The van der Waals surface area contributed by atoms with Crippen molar-refractivity contribution in [3.63, 3.8) is 0 Å². The molecule has 0 saturated carbocycles. The zero-order valence-corrected chi connectivity index (χ0v) is 16.3. The van der Waals surface area contributed by atoms with E-state index in [4.69, 9.17) is 4.42 Å². The molecule has 1 N–H and O–H groups in total. The van der Waals surface area contributed by atoms with Crippen molar-refractivity contribution >= 4 is 17.2 Å². The molecule has 7 heteroatoms. The quantitative estimate of drug-likeness (QED) is 0.546. The Hall–Kier alpha value is -3.32. The van der Waals surface area contributed by atoms with Crippen LogP contribution in [0.2, 0.25) is 0 Å². The van der Waals surface area contributed by atoms with E-state index in [9.17, 15) is 4.79 Å². The zero-order chi connectivity index (χ0) is 19.5. The Morgan fingerprint density at radius 3 is 2.46 bits per heavy atom. The van der Waals surface area contributed by atoms with Crippen LogP contribution in [0.3, 0.4) is 0 Å². The lowest BCUT2D eigenvalue weighted by molar-refractivity contribution is 0.0951. The van der Waals surface area contributed by atoms with Gasteiger partial charge in [-0.1, -0.05) is 17.7 Å². The molecule has 0 aliphatic rings. The first-order chi connectivity index (χ1) is 13.6. The molecule has 0 aliphatic carbocycles. The van der Waals surface area contributed by atoms with Crippen molar-refractivity contribution in [1.29, 1.82) is 0 Å². The summed E-state index contributed by atoms with van der Waals surface area (Å²) >= 11 is 1.57. The summed E-state index contributed by atoms with van der Waals surface area (Å²) < 4.78 is 5.79. The molecule has 2 aromatic carbocycles. The van der Waals surface area contributed by atoms with E-state index >= 15 is 0 Å². The van der Waals surface area contributed by atoms with Gasteiger partial charge in [-0.3, -0.25) is 4.79 Å². The molecule has 4 rings (SSSR count). The highest BCUT2D eigenvalue weighted by Gasteiger charge is 2.12. The molecule has 2 aromatic heterocycles. The Morgan fingerprint density at radius 2 is 1.79 bits per heavy atom. The Morgan fingerprint density at radius 1 is 1.04 bits per heavy atom. The maximum atomic E-state index is 12.3. The van der Waals surface area contributed by atoms with Crippen molar-refractivity contribution in [2.75, 3.05) is 0 Å². The number of nitrogens with one attached hydrogen (secondary N) is 1. The fourth-order valence-corrected chi connectivity index (χ4v) is 3.49. The number of amides is 1. The number of thiazole rings is 1. The van der Waals surface area contributed by atoms with Crippen molar-refractivity contribution in [2.24, 2.45) is 0 Å². The third kappa shape index (κ3) is 3.99. The molecule has 1 amide bonds. The van der Waals surface area contributed by atoms with Gasteiger partial charge in [-0.15, -0.1) is 21.5 Å². The van der Waals surface area contributed by atoms with Gasteiger partial charge in [-0.05, 0) is 50.2 Å². The summed E-state index contributed by atoms with van der Waals surface area (Å²) in [5.74, 6) is 0.757. The van der Waals surface area contributed by atoms with Crippen LogP contribution >= 0.6 is 11.3 Å². The van der Waals surface area contributed by atoms with Crippen molar-refractivity contribution < 1.29 is 9.21 Å². The molecular weight excluding hydrogens is 372 g/mol. The summed E-state index contributed by atoms with van der Waals surface area (Å²) in [5.41, 5.74) is 3.35. The number of carbonyl (C=O) groups excluding carboxylic acids is 1. The van der Waals surface area contributed by atoms with Gasteiger partial charge in [-0.2, -0.15) is 0 Å². The molecule has 0 radical (unpaired) electrons. The highest BCUT2D eigenvalue weighted by atomic mass is 32.1. The van der Waals surface area contributed by atoms with Crippen molar-refractivity contribution in [1.82, 2.24) is 20.5 Å². The van der Waals surface area contributed by atoms with Gasteiger partial charge in [0.25, 0.3) is 5.91 Å². The monoisotopic (exact) mass is 390 g/mol. The van der Waals surface area contributed by atoms with Crippen molar-refractivity contribution in [2.45, 2.75) is 20.4 Å². The average molecular weight is 390 g/mol. The van der Waals surface area contributed by atoms with Crippen LogP contribution < -0.4 is 5.32 Å². The fourth-order valence-electron chi connectivity index (χ4n) is 2.76. The van der Waals surface area contributed by atoms with Crippen LogP contribution in [-0.2, 0) is 6.54 Å². The first-order valence-corrected chi connectivity index (χ1v) is 9.60. The van der Waals surface area contributed by atoms with Crippen LogP contribution in [0, 0.1) is 13.8 Å². The number of carbonyl (C=O) groups is 1. The lowest BCUT2D eigenvalue weighted by atomic mass is 10.1. The molecular formula is C21H18N4O2S. The smallest absolute Gasteiger partial charge is 0.251 e. The van der Waals surface area contributed by atoms with Gasteiger partial charge in [0.1, 0.15) is 0 Å². The first kappa shape index (κ1) is 18.1. The SMILES string of the molecule is Cc1cccc(-c2nnc(-c3ccc(C(=O)NCc4cnc(C)s4)cc3)o2)c1. The van der Waals surface area contributed by atoms with Gasteiger partial charge in [0.05, 0.1) is 11.6 Å². The molecule has 0 fully saturated rings. The van der Waals surface area contributed by atoms with E-state index in [-0.39, 0.29) is 5.91 Å². The van der Waals surface area contributed by atoms with E-state index < -0.39 is 0 Å². The van der Waals surface area contributed by atoms with E-state index in [1.165, 1.54) is 0 Å². The average Bonchev–Trinajstić information content (AvgIpc) is 3.35. The third-order valence-electron chi connectivity index (χ3n) is 4.18. The van der Waals surface area contributed by atoms with Crippen LogP contribution in [0.5, 0.6) is 0 Å². The van der Waals surface area contributed by atoms with Crippen molar-refractivity contribution in [3.8, 4) is 22.9 Å². The molecule has 28 heavy (non-hydrogen) atoms. The molecule has 6 nitrogen and oxygen atoms in total. The predicted molar refractivity (Wildman–Crippen MR) is 108 cm³/mol. The first-order valence-electron chi connectivity index (χ1n) is 8.79. The van der Waals surface area contributed by atoms with E-state index in [2.05, 4.69) is 20.5 Å². The molecule has 0 spiro atoms. The van der Waals surface area contributed by atoms with E-state index in [1.807, 2.05) is 38.1 Å². The standard InChI is InChI=1S/C21H18N4O2S/c1-13-4-3-5-17(10-13)21-25-24-20(27-21)16-8-6-15(7-9-16)19(26)23-12-18-11-22-14(2)28-18/h3-11H,12H2,1-2H3,(H,23,26). The number of rotatable bonds is 5. The van der Waals surface area contributed by atoms with E-state index in [1.54, 1.807) is 41.8 Å².